The maximum atomic E-state index is 8.82. The van der Waals surface area contributed by atoms with Crippen molar-refractivity contribution in [3.63, 3.8) is 0 Å². The Balaban J connectivity index is 1.65. The minimum atomic E-state index is 0.667. The molecule has 0 aromatic heterocycles. The first kappa shape index (κ1) is 17.0. The Morgan fingerprint density at radius 1 is 0.423 bits per heavy atom. The van der Waals surface area contributed by atoms with Crippen LogP contribution in [0.4, 0.5) is 0 Å². The third-order valence-electron chi connectivity index (χ3n) is 3.95. The highest BCUT2D eigenvalue weighted by Crippen LogP contribution is 2.13. The molecule has 0 aliphatic rings. The van der Waals surface area contributed by atoms with Crippen molar-refractivity contribution >= 4 is 24.3 Å². The van der Waals surface area contributed by atoms with Crippen LogP contribution in [-0.4, -0.2) is 0 Å². The molecule has 122 valence electrons. The van der Waals surface area contributed by atoms with Crippen molar-refractivity contribution in [2.45, 2.75) is 0 Å². The van der Waals surface area contributed by atoms with E-state index in [1.54, 1.807) is 0 Å². The van der Waals surface area contributed by atoms with Gasteiger partial charge >= 0.3 is 0 Å². The summed E-state index contributed by atoms with van der Waals surface area (Å²) in [4.78, 5) is 0. The zero-order valence-electron chi connectivity index (χ0n) is 14.1. The summed E-state index contributed by atoms with van der Waals surface area (Å²) in [5, 5.41) is 17.6. The Hall–Kier alpha value is -3.88. The number of rotatable bonds is 4. The smallest absolute Gasteiger partial charge is 0.0991 e. The molecule has 0 bridgehead atoms. The second-order valence-electron chi connectivity index (χ2n) is 5.80. The van der Waals surface area contributed by atoms with Crippen molar-refractivity contribution in [2.75, 3.05) is 0 Å². The normalized spacial score (nSPS) is 10.7. The zero-order valence-corrected chi connectivity index (χ0v) is 14.1. The minimum absolute atomic E-state index is 0.667. The van der Waals surface area contributed by atoms with E-state index in [0.717, 1.165) is 22.3 Å². The van der Waals surface area contributed by atoms with Gasteiger partial charge in [0.25, 0.3) is 0 Å². The van der Waals surface area contributed by atoms with Gasteiger partial charge in [-0.3, -0.25) is 0 Å². The average Bonchev–Trinajstić information content (AvgIpc) is 2.72. The fourth-order valence-electron chi connectivity index (χ4n) is 2.44. The van der Waals surface area contributed by atoms with Crippen LogP contribution in [0.3, 0.4) is 0 Å². The van der Waals surface area contributed by atoms with Crippen LogP contribution < -0.4 is 0 Å². The Morgan fingerprint density at radius 3 is 0.885 bits per heavy atom. The molecule has 0 aliphatic carbocycles. The first-order chi connectivity index (χ1) is 12.8. The maximum absolute atomic E-state index is 8.82. The molecule has 3 rings (SSSR count). The zero-order chi connectivity index (χ0) is 18.2. The van der Waals surface area contributed by atoms with Crippen LogP contribution in [0, 0.1) is 22.7 Å². The van der Waals surface area contributed by atoms with E-state index >= 15 is 0 Å². The largest absolute Gasteiger partial charge is 0.192 e. The third kappa shape index (κ3) is 4.57. The van der Waals surface area contributed by atoms with Crippen LogP contribution in [0.1, 0.15) is 33.4 Å². The van der Waals surface area contributed by atoms with Crippen molar-refractivity contribution in [1.82, 2.24) is 0 Å². The topological polar surface area (TPSA) is 47.6 Å². The molecule has 0 saturated heterocycles. The summed E-state index contributed by atoms with van der Waals surface area (Å²) < 4.78 is 0. The highest BCUT2D eigenvalue weighted by molar-refractivity contribution is 5.73. The Bertz CT molecular complexity index is 922. The van der Waals surface area contributed by atoms with Gasteiger partial charge in [0.2, 0.25) is 0 Å². The van der Waals surface area contributed by atoms with Crippen LogP contribution in [0.5, 0.6) is 0 Å². The van der Waals surface area contributed by atoms with Gasteiger partial charge < -0.3 is 0 Å². The van der Waals surface area contributed by atoms with Crippen LogP contribution in [-0.2, 0) is 0 Å². The van der Waals surface area contributed by atoms with Gasteiger partial charge in [-0.05, 0) is 46.5 Å². The van der Waals surface area contributed by atoms with E-state index in [9.17, 15) is 0 Å². The SMILES string of the molecule is N#Cc1ccc(C=Cc2ccc(C=Cc3ccc(C#N)cc3)cc2)cc1. The lowest BCUT2D eigenvalue weighted by molar-refractivity contribution is 1.48. The molecule has 0 radical (unpaired) electrons. The van der Waals surface area contributed by atoms with E-state index in [2.05, 4.69) is 48.6 Å². The van der Waals surface area contributed by atoms with Crippen LogP contribution in [0.25, 0.3) is 24.3 Å². The van der Waals surface area contributed by atoms with E-state index in [-0.39, 0.29) is 0 Å². The molecule has 2 nitrogen and oxygen atoms in total. The van der Waals surface area contributed by atoms with Gasteiger partial charge in [-0.2, -0.15) is 10.5 Å². The number of nitriles is 2. The summed E-state index contributed by atoms with van der Waals surface area (Å²) in [7, 11) is 0. The molecular formula is C24H16N2. The molecule has 0 fully saturated rings. The first-order valence-electron chi connectivity index (χ1n) is 8.23. The molecule has 0 aliphatic heterocycles. The average molecular weight is 332 g/mol. The summed E-state index contributed by atoms with van der Waals surface area (Å²) in [5.41, 5.74) is 5.69. The molecule has 26 heavy (non-hydrogen) atoms. The Labute approximate surface area is 153 Å². The highest BCUT2D eigenvalue weighted by atomic mass is 14.2. The number of hydrogen-bond acceptors (Lipinski definition) is 2. The quantitative estimate of drug-likeness (QED) is 0.569. The number of nitrogens with zero attached hydrogens (tertiary/aromatic N) is 2. The number of hydrogen-bond donors (Lipinski definition) is 0. The third-order valence-corrected chi connectivity index (χ3v) is 3.95. The van der Waals surface area contributed by atoms with Gasteiger partial charge in [-0.1, -0.05) is 72.8 Å². The molecule has 0 saturated carbocycles. The molecule has 0 unspecified atom stereocenters. The minimum Gasteiger partial charge on any atom is -0.192 e. The Morgan fingerprint density at radius 2 is 0.654 bits per heavy atom. The second-order valence-corrected chi connectivity index (χ2v) is 5.80. The molecular weight excluding hydrogens is 316 g/mol. The molecule has 3 aromatic rings. The van der Waals surface area contributed by atoms with Gasteiger partial charge in [0, 0.05) is 0 Å². The summed E-state index contributed by atoms with van der Waals surface area (Å²) in [6.45, 7) is 0. The van der Waals surface area contributed by atoms with Crippen LogP contribution >= 0.6 is 0 Å². The van der Waals surface area contributed by atoms with Crippen molar-refractivity contribution in [3.05, 3.63) is 106 Å². The van der Waals surface area contributed by atoms with Gasteiger partial charge in [0.15, 0.2) is 0 Å². The molecule has 0 atom stereocenters. The van der Waals surface area contributed by atoms with Crippen molar-refractivity contribution in [2.24, 2.45) is 0 Å². The Kier molecular flexibility index (Phi) is 5.41. The molecule has 2 heteroatoms. The molecule has 0 N–H and O–H groups in total. The van der Waals surface area contributed by atoms with Gasteiger partial charge in [0.05, 0.1) is 23.3 Å². The highest BCUT2D eigenvalue weighted by Gasteiger charge is 1.93. The van der Waals surface area contributed by atoms with Crippen molar-refractivity contribution < 1.29 is 0 Å². The molecule has 0 amide bonds. The molecule has 0 heterocycles. The number of benzene rings is 3. The molecule has 3 aromatic carbocycles. The van der Waals surface area contributed by atoms with E-state index in [4.69, 9.17) is 10.5 Å². The van der Waals surface area contributed by atoms with Gasteiger partial charge in [-0.15, -0.1) is 0 Å². The maximum Gasteiger partial charge on any atom is 0.0991 e. The molecule has 0 spiro atoms. The fraction of sp³-hybridized carbons (Fsp3) is 0. The lowest BCUT2D eigenvalue weighted by Gasteiger charge is -1.98. The van der Waals surface area contributed by atoms with Gasteiger partial charge in [-0.25, -0.2) is 0 Å². The lowest BCUT2D eigenvalue weighted by atomic mass is 10.1. The predicted molar refractivity (Wildman–Crippen MR) is 107 cm³/mol. The monoisotopic (exact) mass is 332 g/mol. The summed E-state index contributed by atoms with van der Waals surface area (Å²) in [6, 6.07) is 27.5. The van der Waals surface area contributed by atoms with E-state index < -0.39 is 0 Å². The second kappa shape index (κ2) is 8.29. The van der Waals surface area contributed by atoms with Crippen molar-refractivity contribution in [3.8, 4) is 12.1 Å². The van der Waals surface area contributed by atoms with Crippen LogP contribution in [0.15, 0.2) is 72.8 Å². The summed E-state index contributed by atoms with van der Waals surface area (Å²) in [5.74, 6) is 0. The fourth-order valence-corrected chi connectivity index (χ4v) is 2.44. The first-order valence-corrected chi connectivity index (χ1v) is 8.23. The standard InChI is InChI=1S/C24H16N2/c25-17-23-13-9-21(10-14-23)7-5-19-1-2-20(4-3-19)6-8-22-11-15-24(18-26)16-12-22/h1-16H. The predicted octanol–water partition coefficient (Wildman–Crippen LogP) is 5.77. The van der Waals surface area contributed by atoms with Gasteiger partial charge in [0.1, 0.15) is 0 Å². The van der Waals surface area contributed by atoms with E-state index in [1.807, 2.05) is 60.7 Å². The summed E-state index contributed by atoms with van der Waals surface area (Å²) >= 11 is 0. The van der Waals surface area contributed by atoms with Crippen molar-refractivity contribution in [1.29, 1.82) is 10.5 Å². The lowest BCUT2D eigenvalue weighted by Crippen LogP contribution is -1.77. The van der Waals surface area contributed by atoms with E-state index in [0.29, 0.717) is 11.1 Å². The summed E-state index contributed by atoms with van der Waals surface area (Å²) in [6.07, 6.45) is 8.16. The van der Waals surface area contributed by atoms with E-state index in [1.165, 1.54) is 0 Å². The van der Waals surface area contributed by atoms with Crippen LogP contribution in [0.2, 0.25) is 0 Å².